The number of hydrogen-bond donors (Lipinski definition) is 3. The van der Waals surface area contributed by atoms with Crippen LogP contribution in [-0.2, 0) is 0 Å². The molecule has 144 valence electrons. The maximum atomic E-state index is 12.6. The Hall–Kier alpha value is -3.02. The van der Waals surface area contributed by atoms with Crippen molar-refractivity contribution < 1.29 is 24.5 Å². The van der Waals surface area contributed by atoms with E-state index in [9.17, 15) is 19.8 Å². The van der Waals surface area contributed by atoms with Crippen molar-refractivity contribution in [3.63, 3.8) is 0 Å². The molecule has 0 aliphatic rings. The van der Waals surface area contributed by atoms with Gasteiger partial charge in [0, 0.05) is 0 Å². The molecule has 6 nitrogen and oxygen atoms in total. The Kier molecular flexibility index (Phi) is 7.23. The number of phenolic OH excluding ortho intramolecular Hbond substituents is 1. The Morgan fingerprint density at radius 1 is 1.04 bits per heavy atom. The molecule has 0 aromatic heterocycles. The minimum absolute atomic E-state index is 0.0244. The van der Waals surface area contributed by atoms with E-state index in [0.717, 1.165) is 25.7 Å². The molecule has 0 heterocycles. The normalized spacial score (nSPS) is 10.6. The predicted molar refractivity (Wildman–Crippen MR) is 104 cm³/mol. The third-order valence-corrected chi connectivity index (χ3v) is 4.14. The van der Waals surface area contributed by atoms with Crippen molar-refractivity contribution >= 4 is 17.6 Å². The van der Waals surface area contributed by atoms with E-state index in [1.54, 1.807) is 18.2 Å². The van der Waals surface area contributed by atoms with Crippen molar-refractivity contribution in [3.8, 4) is 11.5 Å². The molecule has 2 aromatic rings. The largest absolute Gasteiger partial charge is 0.507 e. The molecule has 0 radical (unpaired) electrons. The monoisotopic (exact) mass is 371 g/mol. The summed E-state index contributed by atoms with van der Waals surface area (Å²) in [6.07, 6.45) is 3.84. The van der Waals surface area contributed by atoms with Crippen molar-refractivity contribution in [2.45, 2.75) is 45.6 Å². The second-order valence-corrected chi connectivity index (χ2v) is 6.30. The number of amides is 1. The molecule has 0 bridgehead atoms. The van der Waals surface area contributed by atoms with Crippen molar-refractivity contribution in [2.24, 2.45) is 0 Å². The summed E-state index contributed by atoms with van der Waals surface area (Å²) >= 11 is 0. The molecule has 0 spiro atoms. The van der Waals surface area contributed by atoms with Gasteiger partial charge in [0.25, 0.3) is 5.91 Å². The molecule has 0 unspecified atom stereocenters. The summed E-state index contributed by atoms with van der Waals surface area (Å²) in [5, 5.41) is 21.8. The number of rotatable bonds is 9. The van der Waals surface area contributed by atoms with Gasteiger partial charge in [0.05, 0.1) is 22.9 Å². The zero-order valence-electron chi connectivity index (χ0n) is 15.6. The summed E-state index contributed by atoms with van der Waals surface area (Å²) in [6.45, 7) is 4.17. The molecule has 0 saturated carbocycles. The lowest BCUT2D eigenvalue weighted by molar-refractivity contribution is 0.0698. The van der Waals surface area contributed by atoms with Gasteiger partial charge in [0.15, 0.2) is 0 Å². The summed E-state index contributed by atoms with van der Waals surface area (Å²) in [5.41, 5.74) is 0.165. The van der Waals surface area contributed by atoms with Gasteiger partial charge in [-0.05, 0) is 43.2 Å². The molecule has 0 aliphatic carbocycles. The summed E-state index contributed by atoms with van der Waals surface area (Å²) in [7, 11) is 0. The smallest absolute Gasteiger partial charge is 0.337 e. The number of benzene rings is 2. The van der Waals surface area contributed by atoms with Crippen molar-refractivity contribution in [1.29, 1.82) is 0 Å². The van der Waals surface area contributed by atoms with Crippen LogP contribution in [0.25, 0.3) is 0 Å². The molecule has 27 heavy (non-hydrogen) atoms. The summed E-state index contributed by atoms with van der Waals surface area (Å²) < 4.78 is 5.97. The molecule has 2 aromatic carbocycles. The van der Waals surface area contributed by atoms with Gasteiger partial charge in [-0.15, -0.1) is 0 Å². The lowest BCUT2D eigenvalue weighted by atomic mass is 10.1. The number of carbonyl (C=O) groups excluding carboxylic acids is 1. The highest BCUT2D eigenvalue weighted by Crippen LogP contribution is 2.27. The van der Waals surface area contributed by atoms with E-state index in [-0.39, 0.29) is 28.7 Å². The van der Waals surface area contributed by atoms with E-state index in [4.69, 9.17) is 4.74 Å². The second kappa shape index (κ2) is 9.62. The number of nitrogens with one attached hydrogen (secondary N) is 1. The molecule has 3 N–H and O–H groups in total. The molecule has 2 rings (SSSR count). The molecule has 1 amide bonds. The average molecular weight is 371 g/mol. The van der Waals surface area contributed by atoms with Crippen LogP contribution in [0.4, 0.5) is 5.69 Å². The fraction of sp³-hybridized carbons (Fsp3) is 0.333. The van der Waals surface area contributed by atoms with Gasteiger partial charge in [-0.1, -0.05) is 38.8 Å². The Labute approximate surface area is 158 Å². The number of phenols is 1. The van der Waals surface area contributed by atoms with Gasteiger partial charge < -0.3 is 20.3 Å². The number of carboxylic acids is 1. The first kappa shape index (κ1) is 20.3. The first-order valence-corrected chi connectivity index (χ1v) is 9.09. The van der Waals surface area contributed by atoms with Crippen LogP contribution in [0.1, 0.15) is 60.2 Å². The highest BCUT2D eigenvalue weighted by molar-refractivity contribution is 6.09. The molecule has 0 fully saturated rings. The molecule has 0 aliphatic heterocycles. The fourth-order valence-electron chi connectivity index (χ4n) is 2.84. The van der Waals surface area contributed by atoms with E-state index in [2.05, 4.69) is 19.2 Å². The maximum Gasteiger partial charge on any atom is 0.337 e. The fourth-order valence-corrected chi connectivity index (χ4v) is 2.84. The number of carbonyl (C=O) groups is 2. The van der Waals surface area contributed by atoms with Gasteiger partial charge in [0.2, 0.25) is 0 Å². The van der Waals surface area contributed by atoms with Crippen LogP contribution < -0.4 is 10.1 Å². The van der Waals surface area contributed by atoms with Gasteiger partial charge in [-0.25, -0.2) is 4.79 Å². The van der Waals surface area contributed by atoms with Gasteiger partial charge >= 0.3 is 5.97 Å². The minimum atomic E-state index is -1.14. The Morgan fingerprint density at radius 3 is 2.33 bits per heavy atom. The highest BCUT2D eigenvalue weighted by Gasteiger charge is 2.17. The topological polar surface area (TPSA) is 95.9 Å². The van der Waals surface area contributed by atoms with E-state index < -0.39 is 11.9 Å². The number of carboxylic acid groups (broad SMARTS) is 1. The third kappa shape index (κ3) is 5.48. The summed E-state index contributed by atoms with van der Waals surface area (Å²) in [6, 6.07) is 10.6. The SMILES string of the molecule is CCCC(CCC)Oc1ccc(O)c(C(=O)Nc2ccccc2C(=O)O)c1. The predicted octanol–water partition coefficient (Wildman–Crippen LogP) is 4.69. The summed E-state index contributed by atoms with van der Waals surface area (Å²) in [5.74, 6) is -1.45. The van der Waals surface area contributed by atoms with Gasteiger partial charge in [0.1, 0.15) is 11.5 Å². The average Bonchev–Trinajstić information content (AvgIpc) is 2.64. The quantitative estimate of drug-likeness (QED) is 0.594. The third-order valence-electron chi connectivity index (χ3n) is 4.14. The zero-order valence-corrected chi connectivity index (χ0v) is 15.6. The van der Waals surface area contributed by atoms with Crippen LogP contribution in [0.5, 0.6) is 11.5 Å². The van der Waals surface area contributed by atoms with E-state index >= 15 is 0 Å². The van der Waals surface area contributed by atoms with E-state index in [1.165, 1.54) is 24.3 Å². The Balaban J connectivity index is 2.22. The standard InChI is InChI=1S/C21H25NO5/c1-3-7-14(8-4-2)27-15-11-12-19(23)17(13-15)20(24)22-18-10-6-5-9-16(18)21(25)26/h5-6,9-14,23H,3-4,7-8H2,1-2H3,(H,22,24)(H,25,26). The molecule has 0 atom stereocenters. The molecular formula is C21H25NO5. The van der Waals surface area contributed by atoms with Crippen LogP contribution in [0.2, 0.25) is 0 Å². The molecular weight excluding hydrogens is 346 g/mol. The van der Waals surface area contributed by atoms with E-state index in [1.807, 2.05) is 0 Å². The Bertz CT molecular complexity index is 797. The zero-order chi connectivity index (χ0) is 19.8. The van der Waals surface area contributed by atoms with Crippen LogP contribution in [-0.4, -0.2) is 28.2 Å². The minimum Gasteiger partial charge on any atom is -0.507 e. The number of aromatic hydroxyl groups is 1. The van der Waals surface area contributed by atoms with Gasteiger partial charge in [-0.3, -0.25) is 4.79 Å². The number of anilines is 1. The number of hydrogen-bond acceptors (Lipinski definition) is 4. The number of ether oxygens (including phenoxy) is 1. The van der Waals surface area contributed by atoms with Crippen molar-refractivity contribution in [3.05, 3.63) is 53.6 Å². The van der Waals surface area contributed by atoms with Gasteiger partial charge in [-0.2, -0.15) is 0 Å². The molecule has 0 saturated heterocycles. The first-order valence-electron chi connectivity index (χ1n) is 9.09. The van der Waals surface area contributed by atoms with Crippen molar-refractivity contribution in [1.82, 2.24) is 0 Å². The lowest BCUT2D eigenvalue weighted by Gasteiger charge is -2.19. The van der Waals surface area contributed by atoms with Crippen LogP contribution in [0, 0.1) is 0 Å². The number of para-hydroxylation sites is 1. The lowest BCUT2D eigenvalue weighted by Crippen LogP contribution is -2.17. The highest BCUT2D eigenvalue weighted by atomic mass is 16.5. The molecule has 6 heteroatoms. The van der Waals surface area contributed by atoms with Crippen LogP contribution in [0.3, 0.4) is 0 Å². The van der Waals surface area contributed by atoms with Crippen LogP contribution in [0.15, 0.2) is 42.5 Å². The van der Waals surface area contributed by atoms with Crippen molar-refractivity contribution in [2.75, 3.05) is 5.32 Å². The van der Waals surface area contributed by atoms with Crippen LogP contribution >= 0.6 is 0 Å². The number of aromatic carboxylic acids is 1. The summed E-state index contributed by atoms with van der Waals surface area (Å²) in [4.78, 5) is 23.9. The first-order chi connectivity index (χ1) is 13.0. The Morgan fingerprint density at radius 2 is 1.70 bits per heavy atom. The second-order valence-electron chi connectivity index (χ2n) is 6.30. The maximum absolute atomic E-state index is 12.6. The van der Waals surface area contributed by atoms with E-state index in [0.29, 0.717) is 5.75 Å².